The summed E-state index contributed by atoms with van der Waals surface area (Å²) in [5.41, 5.74) is 4.15. The number of nitrogens with one attached hydrogen (secondary N) is 2. The molecule has 0 aliphatic heterocycles. The molecule has 0 fully saturated rings. The molecule has 0 atom stereocenters. The van der Waals surface area contributed by atoms with E-state index in [0.717, 1.165) is 11.4 Å². The lowest BCUT2D eigenvalue weighted by atomic mass is 9.83. The van der Waals surface area contributed by atoms with Gasteiger partial charge in [-0.05, 0) is 37.3 Å². The maximum Gasteiger partial charge on any atom is 0.196 e. The number of hydrogen-bond acceptors (Lipinski definition) is 8. The zero-order valence-electron chi connectivity index (χ0n) is 21.9. The lowest BCUT2D eigenvalue weighted by Gasteiger charge is -2.18. The second kappa shape index (κ2) is 10.7. The van der Waals surface area contributed by atoms with Crippen LogP contribution in [0.3, 0.4) is 0 Å². The third-order valence-corrected chi connectivity index (χ3v) is 6.79. The molecule has 0 saturated heterocycles. The molecular formula is C33H22N6O2. The largest absolute Gasteiger partial charge is 0.339 e. The van der Waals surface area contributed by atoms with Crippen molar-refractivity contribution >= 4 is 46.0 Å². The van der Waals surface area contributed by atoms with E-state index in [-0.39, 0.29) is 28.4 Å². The molecule has 0 unspecified atom stereocenters. The van der Waals surface area contributed by atoms with Crippen molar-refractivity contribution in [2.45, 2.75) is 6.92 Å². The van der Waals surface area contributed by atoms with Crippen molar-refractivity contribution in [3.8, 4) is 6.07 Å². The van der Waals surface area contributed by atoms with Crippen LogP contribution in [0.1, 0.15) is 43.0 Å². The summed E-state index contributed by atoms with van der Waals surface area (Å²) in [5.74, 6) is 0.206. The first kappa shape index (κ1) is 25.3. The van der Waals surface area contributed by atoms with E-state index in [1.807, 2.05) is 60.7 Å². The van der Waals surface area contributed by atoms with Gasteiger partial charge in [-0.1, -0.05) is 72.8 Å². The minimum atomic E-state index is -0.289. The standard InChI is InChI=1S/C33H22N6O2/c1-20-26(19-34)32(35-21-11-4-2-5-12-21)37-33(36-22-13-6-3-7-14-22)29(20)39-38-27-18-10-17-25-28(27)31(41)24-16-9-8-15-23(24)30(25)40/h2-18H,1H3,(H2,35,36,37)/b39-38+. The first-order valence-corrected chi connectivity index (χ1v) is 12.9. The highest BCUT2D eigenvalue weighted by Gasteiger charge is 2.31. The van der Waals surface area contributed by atoms with E-state index in [0.29, 0.717) is 39.6 Å². The van der Waals surface area contributed by atoms with Gasteiger partial charge in [0.2, 0.25) is 0 Å². The van der Waals surface area contributed by atoms with Gasteiger partial charge in [0.05, 0.1) is 16.8 Å². The molecule has 6 rings (SSSR count). The summed E-state index contributed by atoms with van der Waals surface area (Å²) < 4.78 is 0. The number of nitrogens with zero attached hydrogens (tertiary/aromatic N) is 4. The van der Waals surface area contributed by atoms with Crippen molar-refractivity contribution in [3.63, 3.8) is 0 Å². The third-order valence-electron chi connectivity index (χ3n) is 6.79. The summed E-state index contributed by atoms with van der Waals surface area (Å²) >= 11 is 0. The maximum absolute atomic E-state index is 13.4. The number of aromatic nitrogens is 1. The molecule has 0 bridgehead atoms. The molecule has 4 aromatic carbocycles. The van der Waals surface area contributed by atoms with E-state index >= 15 is 0 Å². The first-order valence-electron chi connectivity index (χ1n) is 12.9. The highest BCUT2D eigenvalue weighted by molar-refractivity contribution is 6.29. The summed E-state index contributed by atoms with van der Waals surface area (Å²) in [6, 6.07) is 32.8. The number of rotatable bonds is 6. The molecule has 5 aromatic rings. The van der Waals surface area contributed by atoms with Crippen LogP contribution in [0, 0.1) is 18.3 Å². The van der Waals surface area contributed by atoms with Crippen LogP contribution in [0.5, 0.6) is 0 Å². The van der Waals surface area contributed by atoms with Crippen LogP contribution < -0.4 is 10.6 Å². The van der Waals surface area contributed by atoms with Gasteiger partial charge in [0.1, 0.15) is 11.8 Å². The Labute approximate surface area is 236 Å². The average Bonchev–Trinajstić information content (AvgIpc) is 3.00. The summed E-state index contributed by atoms with van der Waals surface area (Å²) in [7, 11) is 0. The third kappa shape index (κ3) is 4.73. The summed E-state index contributed by atoms with van der Waals surface area (Å²) in [6.45, 7) is 1.77. The normalized spacial score (nSPS) is 12.0. The number of pyridine rings is 1. The lowest BCUT2D eigenvalue weighted by Crippen LogP contribution is -2.20. The number of anilines is 4. The molecule has 1 aliphatic carbocycles. The van der Waals surface area contributed by atoms with Crippen LogP contribution in [-0.2, 0) is 0 Å². The van der Waals surface area contributed by atoms with Crippen LogP contribution in [0.4, 0.5) is 34.4 Å². The van der Waals surface area contributed by atoms with Crippen LogP contribution in [0.25, 0.3) is 0 Å². The molecule has 196 valence electrons. The molecular weight excluding hydrogens is 512 g/mol. The Kier molecular flexibility index (Phi) is 6.60. The van der Waals surface area contributed by atoms with Gasteiger partial charge in [-0.25, -0.2) is 4.98 Å². The van der Waals surface area contributed by atoms with Crippen molar-refractivity contribution in [2.75, 3.05) is 10.6 Å². The zero-order chi connectivity index (χ0) is 28.3. The Morgan fingerprint density at radius 1 is 0.659 bits per heavy atom. The molecule has 1 heterocycles. The number of fused-ring (bicyclic) bond motifs is 2. The SMILES string of the molecule is Cc1c(C#N)c(Nc2ccccc2)nc(Nc2ccccc2)c1/N=N/c1cccc2c1C(=O)c1ccccc1C2=O. The number of nitriles is 1. The molecule has 1 aromatic heterocycles. The van der Waals surface area contributed by atoms with Gasteiger partial charge in [0.15, 0.2) is 23.2 Å². The molecule has 0 spiro atoms. The summed E-state index contributed by atoms with van der Waals surface area (Å²) in [5, 5.41) is 25.5. The van der Waals surface area contributed by atoms with Gasteiger partial charge in [0.25, 0.3) is 0 Å². The first-order chi connectivity index (χ1) is 20.0. The highest BCUT2D eigenvalue weighted by atomic mass is 16.1. The number of ketones is 2. The molecule has 8 heteroatoms. The van der Waals surface area contributed by atoms with Gasteiger partial charge in [-0.2, -0.15) is 5.26 Å². The number of benzene rings is 4. The van der Waals surface area contributed by atoms with Crippen molar-refractivity contribution in [1.82, 2.24) is 4.98 Å². The summed E-state index contributed by atoms with van der Waals surface area (Å²) in [6.07, 6.45) is 0. The van der Waals surface area contributed by atoms with E-state index in [4.69, 9.17) is 4.98 Å². The van der Waals surface area contributed by atoms with Crippen molar-refractivity contribution in [3.05, 3.63) is 137 Å². The number of carbonyl (C=O) groups excluding carboxylic acids is 2. The zero-order valence-corrected chi connectivity index (χ0v) is 21.9. The fourth-order valence-corrected chi connectivity index (χ4v) is 4.76. The minimum absolute atomic E-state index is 0.200. The van der Waals surface area contributed by atoms with E-state index in [1.54, 1.807) is 49.4 Å². The molecule has 0 saturated carbocycles. The predicted octanol–water partition coefficient (Wildman–Crippen LogP) is 7.94. The molecule has 1 aliphatic rings. The van der Waals surface area contributed by atoms with Gasteiger partial charge in [-0.15, -0.1) is 10.2 Å². The summed E-state index contributed by atoms with van der Waals surface area (Å²) in [4.78, 5) is 31.4. The molecule has 0 radical (unpaired) electrons. The second-order valence-electron chi connectivity index (χ2n) is 9.36. The van der Waals surface area contributed by atoms with Crippen molar-refractivity contribution < 1.29 is 9.59 Å². The van der Waals surface area contributed by atoms with E-state index < -0.39 is 0 Å². The Balaban J connectivity index is 1.47. The van der Waals surface area contributed by atoms with Crippen molar-refractivity contribution in [2.24, 2.45) is 10.2 Å². The molecule has 8 nitrogen and oxygen atoms in total. The van der Waals surface area contributed by atoms with E-state index in [1.165, 1.54) is 0 Å². The fourth-order valence-electron chi connectivity index (χ4n) is 4.76. The highest BCUT2D eigenvalue weighted by Crippen LogP contribution is 2.39. The number of azo groups is 1. The van der Waals surface area contributed by atoms with Crippen LogP contribution in [-0.4, -0.2) is 16.6 Å². The molecule has 41 heavy (non-hydrogen) atoms. The van der Waals surface area contributed by atoms with Gasteiger partial charge in [0, 0.05) is 33.6 Å². The van der Waals surface area contributed by atoms with E-state index in [2.05, 4.69) is 26.9 Å². The number of carbonyl (C=O) groups is 2. The fraction of sp³-hybridized carbons (Fsp3) is 0.0303. The van der Waals surface area contributed by atoms with Crippen molar-refractivity contribution in [1.29, 1.82) is 5.26 Å². The second-order valence-corrected chi connectivity index (χ2v) is 9.36. The molecule has 0 amide bonds. The smallest absolute Gasteiger partial charge is 0.196 e. The Bertz CT molecular complexity index is 1890. The van der Waals surface area contributed by atoms with Gasteiger partial charge in [-0.3, -0.25) is 9.59 Å². The number of hydrogen-bond donors (Lipinski definition) is 2. The Morgan fingerprint density at radius 3 is 1.85 bits per heavy atom. The van der Waals surface area contributed by atoms with Crippen LogP contribution >= 0.6 is 0 Å². The predicted molar refractivity (Wildman–Crippen MR) is 157 cm³/mol. The lowest BCUT2D eigenvalue weighted by molar-refractivity contribution is 0.0979. The Morgan fingerprint density at radius 2 is 1.22 bits per heavy atom. The monoisotopic (exact) mass is 534 g/mol. The van der Waals surface area contributed by atoms with Gasteiger partial charge >= 0.3 is 0 Å². The van der Waals surface area contributed by atoms with Crippen LogP contribution in [0.2, 0.25) is 0 Å². The quantitative estimate of drug-likeness (QED) is 0.209. The minimum Gasteiger partial charge on any atom is -0.339 e. The van der Waals surface area contributed by atoms with E-state index in [9.17, 15) is 14.9 Å². The number of para-hydroxylation sites is 2. The van der Waals surface area contributed by atoms with Crippen LogP contribution in [0.15, 0.2) is 113 Å². The Hall–Kier alpha value is -5.94. The van der Waals surface area contributed by atoms with Gasteiger partial charge < -0.3 is 10.6 Å². The topological polar surface area (TPSA) is 120 Å². The maximum atomic E-state index is 13.4. The molecule has 2 N–H and O–H groups in total. The average molecular weight is 535 g/mol.